The van der Waals surface area contributed by atoms with Gasteiger partial charge in [-0.3, -0.25) is 0 Å². The summed E-state index contributed by atoms with van der Waals surface area (Å²) in [5, 5.41) is 3.51. The predicted molar refractivity (Wildman–Crippen MR) is 65.1 cm³/mol. The van der Waals surface area contributed by atoms with Crippen LogP contribution in [-0.4, -0.2) is 25.8 Å². The molecule has 0 aliphatic carbocycles. The third kappa shape index (κ3) is 3.46. The second-order valence-corrected chi connectivity index (χ2v) is 5.34. The molecule has 15 heavy (non-hydrogen) atoms. The van der Waals surface area contributed by atoms with Gasteiger partial charge in [0.15, 0.2) is 0 Å². The van der Waals surface area contributed by atoms with Gasteiger partial charge in [-0.15, -0.1) is 0 Å². The first kappa shape index (κ1) is 13.0. The van der Waals surface area contributed by atoms with Gasteiger partial charge in [-0.25, -0.2) is 0 Å². The molecule has 1 heterocycles. The van der Waals surface area contributed by atoms with Crippen LogP contribution in [-0.2, 0) is 4.74 Å². The maximum atomic E-state index is 5.76. The molecule has 0 saturated carbocycles. The maximum absolute atomic E-state index is 5.76. The molecule has 0 aromatic heterocycles. The van der Waals surface area contributed by atoms with Crippen LogP contribution in [0.25, 0.3) is 0 Å². The summed E-state index contributed by atoms with van der Waals surface area (Å²) in [6.07, 6.45) is 4.28. The fourth-order valence-electron chi connectivity index (χ4n) is 2.42. The van der Waals surface area contributed by atoms with Crippen LogP contribution in [0.1, 0.15) is 47.0 Å². The summed E-state index contributed by atoms with van der Waals surface area (Å²) in [7, 11) is 0. The number of hydrogen-bond donors (Lipinski definition) is 1. The van der Waals surface area contributed by atoms with E-state index in [4.69, 9.17) is 4.74 Å². The Morgan fingerprint density at radius 3 is 2.67 bits per heavy atom. The largest absolute Gasteiger partial charge is 0.378 e. The molecule has 1 aliphatic rings. The molecule has 2 heteroatoms. The average molecular weight is 213 g/mol. The number of hydrogen-bond acceptors (Lipinski definition) is 2. The Morgan fingerprint density at radius 1 is 1.47 bits per heavy atom. The SMILES string of the molecule is CCNCC1(CCC(C)C)CCOC1C. The van der Waals surface area contributed by atoms with E-state index in [2.05, 4.69) is 33.0 Å². The molecular weight excluding hydrogens is 186 g/mol. The van der Waals surface area contributed by atoms with Gasteiger partial charge in [-0.05, 0) is 32.2 Å². The van der Waals surface area contributed by atoms with Crippen molar-refractivity contribution < 1.29 is 4.74 Å². The Bertz CT molecular complexity index is 181. The van der Waals surface area contributed by atoms with Crippen LogP contribution in [0.5, 0.6) is 0 Å². The summed E-state index contributed by atoms with van der Waals surface area (Å²) >= 11 is 0. The van der Waals surface area contributed by atoms with Crippen molar-refractivity contribution in [3.63, 3.8) is 0 Å². The first-order valence-corrected chi connectivity index (χ1v) is 6.43. The summed E-state index contributed by atoms with van der Waals surface area (Å²) in [5.41, 5.74) is 0.403. The van der Waals surface area contributed by atoms with E-state index in [1.165, 1.54) is 19.3 Å². The zero-order valence-corrected chi connectivity index (χ0v) is 10.8. The third-order valence-electron chi connectivity index (χ3n) is 3.78. The second-order valence-electron chi connectivity index (χ2n) is 5.34. The predicted octanol–water partition coefficient (Wildman–Crippen LogP) is 2.83. The number of nitrogens with one attached hydrogen (secondary N) is 1. The monoisotopic (exact) mass is 213 g/mol. The summed E-state index contributed by atoms with van der Waals surface area (Å²) in [4.78, 5) is 0. The smallest absolute Gasteiger partial charge is 0.0616 e. The molecule has 1 N–H and O–H groups in total. The lowest BCUT2D eigenvalue weighted by Crippen LogP contribution is -2.39. The van der Waals surface area contributed by atoms with Crippen LogP contribution < -0.4 is 5.32 Å². The first-order valence-electron chi connectivity index (χ1n) is 6.43. The molecular formula is C13H27NO. The van der Waals surface area contributed by atoms with Crippen molar-refractivity contribution in [3.8, 4) is 0 Å². The highest BCUT2D eigenvalue weighted by Gasteiger charge is 2.40. The van der Waals surface area contributed by atoms with Crippen molar-refractivity contribution in [1.82, 2.24) is 5.32 Å². The van der Waals surface area contributed by atoms with Gasteiger partial charge in [0.1, 0.15) is 0 Å². The lowest BCUT2D eigenvalue weighted by Gasteiger charge is -2.33. The van der Waals surface area contributed by atoms with Gasteiger partial charge in [-0.2, -0.15) is 0 Å². The summed E-state index contributed by atoms with van der Waals surface area (Å²) < 4.78 is 5.76. The highest BCUT2D eigenvalue weighted by molar-refractivity contribution is 4.91. The van der Waals surface area contributed by atoms with Gasteiger partial charge < -0.3 is 10.1 Å². The zero-order valence-electron chi connectivity index (χ0n) is 10.8. The van der Waals surface area contributed by atoms with Crippen LogP contribution in [0.4, 0.5) is 0 Å². The van der Waals surface area contributed by atoms with Crippen molar-refractivity contribution in [3.05, 3.63) is 0 Å². The highest BCUT2D eigenvalue weighted by atomic mass is 16.5. The van der Waals surface area contributed by atoms with E-state index in [1.807, 2.05) is 0 Å². The molecule has 1 rings (SSSR count). The molecule has 1 saturated heterocycles. The van der Waals surface area contributed by atoms with Crippen LogP contribution in [0, 0.1) is 11.3 Å². The van der Waals surface area contributed by atoms with Gasteiger partial charge in [-0.1, -0.05) is 27.2 Å². The van der Waals surface area contributed by atoms with Crippen molar-refractivity contribution in [1.29, 1.82) is 0 Å². The van der Waals surface area contributed by atoms with Gasteiger partial charge in [0, 0.05) is 18.6 Å². The van der Waals surface area contributed by atoms with E-state index in [1.54, 1.807) is 0 Å². The normalized spacial score (nSPS) is 31.4. The van der Waals surface area contributed by atoms with Gasteiger partial charge in [0.2, 0.25) is 0 Å². The van der Waals surface area contributed by atoms with Crippen LogP contribution >= 0.6 is 0 Å². The first-order chi connectivity index (χ1) is 7.10. The van der Waals surface area contributed by atoms with Gasteiger partial charge >= 0.3 is 0 Å². The molecule has 1 aliphatic heterocycles. The fraction of sp³-hybridized carbons (Fsp3) is 1.00. The average Bonchev–Trinajstić information content (AvgIpc) is 2.55. The standard InChI is InChI=1S/C13H27NO/c1-5-14-10-13(7-6-11(2)3)8-9-15-12(13)4/h11-12,14H,5-10H2,1-4H3. The molecule has 0 amide bonds. The second kappa shape index (κ2) is 5.86. The van der Waals surface area contributed by atoms with Crippen LogP contribution in [0.2, 0.25) is 0 Å². The Labute approximate surface area is 94.8 Å². The van der Waals surface area contributed by atoms with Crippen LogP contribution in [0.3, 0.4) is 0 Å². The quantitative estimate of drug-likeness (QED) is 0.732. The Hall–Kier alpha value is -0.0800. The minimum absolute atomic E-state index is 0.403. The topological polar surface area (TPSA) is 21.3 Å². The molecule has 0 bridgehead atoms. The number of ether oxygens (including phenoxy) is 1. The van der Waals surface area contributed by atoms with Crippen molar-refractivity contribution in [2.24, 2.45) is 11.3 Å². The Balaban J connectivity index is 2.51. The molecule has 2 nitrogen and oxygen atoms in total. The molecule has 0 spiro atoms. The van der Waals surface area contributed by atoms with E-state index in [-0.39, 0.29) is 0 Å². The fourth-order valence-corrected chi connectivity index (χ4v) is 2.42. The molecule has 0 aromatic carbocycles. The lowest BCUT2D eigenvalue weighted by molar-refractivity contribution is 0.0559. The summed E-state index contributed by atoms with van der Waals surface area (Å²) in [6.45, 7) is 12.2. The highest BCUT2D eigenvalue weighted by Crippen LogP contribution is 2.39. The number of rotatable bonds is 6. The van der Waals surface area contributed by atoms with E-state index >= 15 is 0 Å². The maximum Gasteiger partial charge on any atom is 0.0616 e. The molecule has 0 radical (unpaired) electrons. The van der Waals surface area contributed by atoms with Crippen molar-refractivity contribution in [2.45, 2.75) is 53.1 Å². The zero-order chi connectivity index (χ0) is 11.3. The van der Waals surface area contributed by atoms with E-state index < -0.39 is 0 Å². The Kier molecular flexibility index (Phi) is 5.07. The van der Waals surface area contributed by atoms with Crippen molar-refractivity contribution in [2.75, 3.05) is 19.7 Å². The summed E-state index contributed by atoms with van der Waals surface area (Å²) in [6, 6.07) is 0. The lowest BCUT2D eigenvalue weighted by atomic mass is 9.76. The minimum Gasteiger partial charge on any atom is -0.378 e. The van der Waals surface area contributed by atoms with E-state index in [9.17, 15) is 0 Å². The molecule has 0 aromatic rings. The molecule has 90 valence electrons. The van der Waals surface area contributed by atoms with E-state index in [0.29, 0.717) is 11.5 Å². The minimum atomic E-state index is 0.403. The van der Waals surface area contributed by atoms with Gasteiger partial charge in [0.25, 0.3) is 0 Å². The van der Waals surface area contributed by atoms with E-state index in [0.717, 1.165) is 25.6 Å². The molecule has 2 atom stereocenters. The molecule has 2 unspecified atom stereocenters. The molecule has 1 fully saturated rings. The van der Waals surface area contributed by atoms with Gasteiger partial charge in [0.05, 0.1) is 6.10 Å². The summed E-state index contributed by atoms with van der Waals surface area (Å²) in [5.74, 6) is 0.802. The van der Waals surface area contributed by atoms with Crippen LogP contribution in [0.15, 0.2) is 0 Å². The van der Waals surface area contributed by atoms with Crippen molar-refractivity contribution >= 4 is 0 Å². The third-order valence-corrected chi connectivity index (χ3v) is 3.78. The Morgan fingerprint density at radius 2 is 2.20 bits per heavy atom.